The Morgan fingerprint density at radius 2 is 2.23 bits per heavy atom. The minimum Gasteiger partial charge on any atom is -0.338 e. The van der Waals surface area contributed by atoms with Gasteiger partial charge in [-0.15, -0.1) is 0 Å². The molecule has 0 radical (unpaired) electrons. The van der Waals surface area contributed by atoms with Crippen LogP contribution in [0.25, 0.3) is 0 Å². The summed E-state index contributed by atoms with van der Waals surface area (Å²) in [6.45, 7) is 4.07. The highest BCUT2D eigenvalue weighted by molar-refractivity contribution is 5.84. The van der Waals surface area contributed by atoms with Crippen LogP contribution in [0, 0.1) is 0 Å². The number of amides is 1. The van der Waals surface area contributed by atoms with Crippen molar-refractivity contribution >= 4 is 5.91 Å². The van der Waals surface area contributed by atoms with E-state index in [9.17, 15) is 4.79 Å². The van der Waals surface area contributed by atoms with Gasteiger partial charge in [0.05, 0.1) is 6.04 Å². The van der Waals surface area contributed by atoms with Gasteiger partial charge in [-0.05, 0) is 32.2 Å². The lowest BCUT2D eigenvalue weighted by Crippen LogP contribution is -2.39. The van der Waals surface area contributed by atoms with Crippen LogP contribution >= 0.6 is 0 Å². The van der Waals surface area contributed by atoms with Crippen molar-refractivity contribution in [3.05, 3.63) is 0 Å². The highest BCUT2D eigenvalue weighted by Crippen LogP contribution is 2.30. The van der Waals surface area contributed by atoms with Crippen LogP contribution in [0.15, 0.2) is 0 Å². The number of nitrogens with zero attached hydrogens (tertiary/aromatic N) is 1. The molecule has 1 amide bonds. The molecule has 1 atom stereocenters. The van der Waals surface area contributed by atoms with E-state index in [4.69, 9.17) is 0 Å². The molecule has 0 aromatic rings. The van der Waals surface area contributed by atoms with Gasteiger partial charge in [0.2, 0.25) is 5.91 Å². The summed E-state index contributed by atoms with van der Waals surface area (Å²) in [5.41, 5.74) is 0. The Bertz CT molecular complexity index is 201. The van der Waals surface area contributed by atoms with Gasteiger partial charge in [0.25, 0.3) is 0 Å². The van der Waals surface area contributed by atoms with E-state index in [1.54, 1.807) is 0 Å². The molecule has 3 heteroatoms. The third-order valence-electron chi connectivity index (χ3n) is 2.87. The molecular weight excluding hydrogens is 164 g/mol. The number of rotatable bonds is 4. The standard InChI is InChI=1S/C10H18N2O/c1-2-6-11-9-5-7-12(10(9)13)8-3-4-8/h8-9,11H,2-7H2,1H3. The van der Waals surface area contributed by atoms with Gasteiger partial charge in [-0.1, -0.05) is 6.92 Å². The summed E-state index contributed by atoms with van der Waals surface area (Å²) in [5.74, 6) is 0.343. The second-order valence-electron chi connectivity index (χ2n) is 4.06. The zero-order valence-corrected chi connectivity index (χ0v) is 8.25. The Labute approximate surface area is 79.5 Å². The van der Waals surface area contributed by atoms with E-state index in [-0.39, 0.29) is 6.04 Å². The average molecular weight is 182 g/mol. The Kier molecular flexibility index (Phi) is 2.54. The van der Waals surface area contributed by atoms with Crippen LogP contribution in [0.1, 0.15) is 32.6 Å². The van der Waals surface area contributed by atoms with Crippen LogP contribution in [0.5, 0.6) is 0 Å². The van der Waals surface area contributed by atoms with Crippen molar-refractivity contribution < 1.29 is 4.79 Å². The molecule has 1 N–H and O–H groups in total. The van der Waals surface area contributed by atoms with E-state index in [0.29, 0.717) is 11.9 Å². The number of likely N-dealkylation sites (tertiary alicyclic amines) is 1. The van der Waals surface area contributed by atoms with Gasteiger partial charge < -0.3 is 10.2 Å². The fourth-order valence-corrected chi connectivity index (χ4v) is 1.96. The maximum Gasteiger partial charge on any atom is 0.240 e. The van der Waals surface area contributed by atoms with Crippen molar-refractivity contribution in [1.29, 1.82) is 0 Å². The summed E-state index contributed by atoms with van der Waals surface area (Å²) in [5, 5.41) is 3.30. The van der Waals surface area contributed by atoms with Gasteiger partial charge in [0, 0.05) is 12.6 Å². The summed E-state index contributed by atoms with van der Waals surface area (Å²) < 4.78 is 0. The first-order chi connectivity index (χ1) is 6.33. The molecule has 0 spiro atoms. The highest BCUT2D eigenvalue weighted by atomic mass is 16.2. The summed E-state index contributed by atoms with van der Waals surface area (Å²) in [6, 6.07) is 0.724. The SMILES string of the molecule is CCCNC1CCN(C2CC2)C1=O. The van der Waals surface area contributed by atoms with E-state index in [1.165, 1.54) is 12.8 Å². The van der Waals surface area contributed by atoms with Crippen molar-refractivity contribution in [3.63, 3.8) is 0 Å². The van der Waals surface area contributed by atoms with E-state index >= 15 is 0 Å². The lowest BCUT2D eigenvalue weighted by molar-refractivity contribution is -0.129. The first kappa shape index (κ1) is 9.00. The number of hydrogen-bond donors (Lipinski definition) is 1. The number of hydrogen-bond acceptors (Lipinski definition) is 2. The fourth-order valence-electron chi connectivity index (χ4n) is 1.96. The van der Waals surface area contributed by atoms with Crippen molar-refractivity contribution in [2.45, 2.75) is 44.7 Å². The smallest absolute Gasteiger partial charge is 0.240 e. The quantitative estimate of drug-likeness (QED) is 0.696. The molecule has 2 rings (SSSR count). The Morgan fingerprint density at radius 1 is 1.46 bits per heavy atom. The maximum absolute atomic E-state index is 11.8. The number of nitrogens with one attached hydrogen (secondary N) is 1. The van der Waals surface area contributed by atoms with Crippen LogP contribution in [0.2, 0.25) is 0 Å². The van der Waals surface area contributed by atoms with Gasteiger partial charge >= 0.3 is 0 Å². The number of carbonyl (C=O) groups is 1. The van der Waals surface area contributed by atoms with Gasteiger partial charge in [-0.3, -0.25) is 4.79 Å². The molecule has 1 aliphatic carbocycles. The van der Waals surface area contributed by atoms with E-state index in [2.05, 4.69) is 17.1 Å². The zero-order chi connectivity index (χ0) is 9.26. The van der Waals surface area contributed by atoms with Crippen LogP contribution in [0.4, 0.5) is 0 Å². The predicted octanol–water partition coefficient (Wildman–Crippen LogP) is 0.749. The van der Waals surface area contributed by atoms with Gasteiger partial charge in [-0.25, -0.2) is 0 Å². The molecule has 0 bridgehead atoms. The predicted molar refractivity (Wildman–Crippen MR) is 51.4 cm³/mol. The van der Waals surface area contributed by atoms with Gasteiger partial charge in [-0.2, -0.15) is 0 Å². The van der Waals surface area contributed by atoms with E-state index < -0.39 is 0 Å². The molecule has 1 heterocycles. The first-order valence-electron chi connectivity index (χ1n) is 5.36. The maximum atomic E-state index is 11.8. The Morgan fingerprint density at radius 3 is 2.85 bits per heavy atom. The van der Waals surface area contributed by atoms with Crippen molar-refractivity contribution in [3.8, 4) is 0 Å². The molecule has 13 heavy (non-hydrogen) atoms. The monoisotopic (exact) mass is 182 g/mol. The molecule has 3 nitrogen and oxygen atoms in total. The summed E-state index contributed by atoms with van der Waals surface area (Å²) >= 11 is 0. The summed E-state index contributed by atoms with van der Waals surface area (Å²) in [6.07, 6.45) is 4.57. The molecule has 74 valence electrons. The van der Waals surface area contributed by atoms with Crippen LogP contribution in [-0.4, -0.2) is 36.0 Å². The topological polar surface area (TPSA) is 32.3 Å². The van der Waals surface area contributed by atoms with Crippen LogP contribution in [-0.2, 0) is 4.79 Å². The Hall–Kier alpha value is -0.570. The summed E-state index contributed by atoms with van der Waals surface area (Å²) in [7, 11) is 0. The zero-order valence-electron chi connectivity index (χ0n) is 8.25. The third kappa shape index (κ3) is 1.85. The molecule has 1 saturated heterocycles. The molecule has 2 fully saturated rings. The molecule has 2 aliphatic rings. The minimum absolute atomic E-state index is 0.126. The lowest BCUT2D eigenvalue weighted by Gasteiger charge is -2.15. The average Bonchev–Trinajstić information content (AvgIpc) is 2.89. The lowest BCUT2D eigenvalue weighted by atomic mass is 10.2. The molecule has 0 aromatic heterocycles. The Balaban J connectivity index is 1.83. The highest BCUT2D eigenvalue weighted by Gasteiger charge is 2.39. The van der Waals surface area contributed by atoms with E-state index in [0.717, 1.165) is 25.9 Å². The van der Waals surface area contributed by atoms with Gasteiger partial charge in [0.15, 0.2) is 0 Å². The molecule has 1 saturated carbocycles. The molecule has 0 aromatic carbocycles. The van der Waals surface area contributed by atoms with Crippen LogP contribution in [0.3, 0.4) is 0 Å². The van der Waals surface area contributed by atoms with Crippen molar-refractivity contribution in [2.24, 2.45) is 0 Å². The minimum atomic E-state index is 0.126. The number of carbonyl (C=O) groups excluding carboxylic acids is 1. The van der Waals surface area contributed by atoms with Crippen molar-refractivity contribution in [1.82, 2.24) is 10.2 Å². The normalized spacial score (nSPS) is 28.5. The van der Waals surface area contributed by atoms with E-state index in [1.807, 2.05) is 0 Å². The third-order valence-corrected chi connectivity index (χ3v) is 2.87. The first-order valence-corrected chi connectivity index (χ1v) is 5.36. The molecular formula is C10H18N2O. The van der Waals surface area contributed by atoms with Crippen molar-refractivity contribution in [2.75, 3.05) is 13.1 Å². The van der Waals surface area contributed by atoms with Gasteiger partial charge in [0.1, 0.15) is 0 Å². The summed E-state index contributed by atoms with van der Waals surface area (Å²) in [4.78, 5) is 13.8. The second kappa shape index (κ2) is 3.66. The largest absolute Gasteiger partial charge is 0.338 e. The van der Waals surface area contributed by atoms with Crippen LogP contribution < -0.4 is 5.32 Å². The molecule has 1 unspecified atom stereocenters. The fraction of sp³-hybridized carbons (Fsp3) is 0.900. The molecule has 1 aliphatic heterocycles. The second-order valence-corrected chi connectivity index (χ2v) is 4.06.